The fraction of sp³-hybridized carbons (Fsp3) is 0.462. The second kappa shape index (κ2) is 4.70. The van der Waals surface area contributed by atoms with Crippen LogP contribution < -0.4 is 10.5 Å². The molecule has 0 aliphatic heterocycles. The van der Waals surface area contributed by atoms with Crippen molar-refractivity contribution in [3.63, 3.8) is 0 Å². The molecule has 0 atom stereocenters. The molecule has 104 valence electrons. The van der Waals surface area contributed by atoms with Gasteiger partial charge in [-0.05, 0) is 13.8 Å². The quantitative estimate of drug-likeness (QED) is 0.922. The van der Waals surface area contributed by atoms with E-state index < -0.39 is 11.4 Å². The maximum atomic E-state index is 13.6. The van der Waals surface area contributed by atoms with Gasteiger partial charge in [-0.15, -0.1) is 0 Å². The number of hydrogen-bond donors (Lipinski definition) is 1. The van der Waals surface area contributed by atoms with E-state index in [4.69, 9.17) is 15.2 Å². The van der Waals surface area contributed by atoms with Crippen LogP contribution in [0.1, 0.15) is 13.8 Å². The van der Waals surface area contributed by atoms with Gasteiger partial charge in [-0.2, -0.15) is 0 Å². The highest BCUT2D eigenvalue weighted by atomic mass is 19.1. The van der Waals surface area contributed by atoms with Gasteiger partial charge in [0.2, 0.25) is 5.95 Å². The molecule has 0 unspecified atom stereocenters. The van der Waals surface area contributed by atoms with E-state index in [1.165, 1.54) is 13.2 Å². The van der Waals surface area contributed by atoms with Crippen LogP contribution in [0.5, 0.6) is 5.75 Å². The molecule has 1 heterocycles. The summed E-state index contributed by atoms with van der Waals surface area (Å²) in [4.78, 5) is 4.16. The molecule has 2 N–H and O–H groups in total. The van der Waals surface area contributed by atoms with E-state index in [0.29, 0.717) is 18.0 Å². The first-order valence-corrected chi connectivity index (χ1v) is 5.92. The molecule has 0 saturated carbocycles. The molecular weight excluding hydrogens is 249 g/mol. The average molecular weight is 267 g/mol. The minimum absolute atomic E-state index is 0.170. The zero-order valence-corrected chi connectivity index (χ0v) is 11.5. The van der Waals surface area contributed by atoms with E-state index in [2.05, 4.69) is 4.98 Å². The number of benzene rings is 1. The number of rotatable bonds is 4. The molecule has 2 aromatic rings. The summed E-state index contributed by atoms with van der Waals surface area (Å²) in [7, 11) is 3.06. The monoisotopic (exact) mass is 267 g/mol. The Balaban J connectivity index is 2.57. The summed E-state index contributed by atoms with van der Waals surface area (Å²) in [6.07, 6.45) is 0. The van der Waals surface area contributed by atoms with Gasteiger partial charge in [0.25, 0.3) is 0 Å². The van der Waals surface area contributed by atoms with Crippen LogP contribution in [-0.4, -0.2) is 29.4 Å². The fourth-order valence-electron chi connectivity index (χ4n) is 1.91. The molecule has 0 aliphatic carbocycles. The highest BCUT2D eigenvalue weighted by molar-refractivity contribution is 5.80. The lowest BCUT2D eigenvalue weighted by molar-refractivity contribution is 0.00946. The van der Waals surface area contributed by atoms with Gasteiger partial charge < -0.3 is 19.8 Å². The topological polar surface area (TPSA) is 62.3 Å². The van der Waals surface area contributed by atoms with Crippen LogP contribution in [0.15, 0.2) is 12.1 Å². The molecular formula is C13H18FN3O2. The van der Waals surface area contributed by atoms with Gasteiger partial charge >= 0.3 is 0 Å². The van der Waals surface area contributed by atoms with Gasteiger partial charge in [0.05, 0.1) is 30.3 Å². The van der Waals surface area contributed by atoms with Crippen LogP contribution in [0.4, 0.5) is 10.3 Å². The summed E-state index contributed by atoms with van der Waals surface area (Å²) < 4.78 is 25.8. The number of methoxy groups -OCH3 is 2. The van der Waals surface area contributed by atoms with Gasteiger partial charge in [-0.1, -0.05) is 0 Å². The molecule has 1 aromatic heterocycles. The summed E-state index contributed by atoms with van der Waals surface area (Å²) >= 11 is 0. The Bertz CT molecular complexity index is 607. The molecule has 0 spiro atoms. The molecule has 19 heavy (non-hydrogen) atoms. The van der Waals surface area contributed by atoms with Gasteiger partial charge in [0, 0.05) is 19.2 Å². The number of imidazole rings is 1. The van der Waals surface area contributed by atoms with E-state index in [-0.39, 0.29) is 5.75 Å². The van der Waals surface area contributed by atoms with Crippen molar-refractivity contribution in [3.05, 3.63) is 17.9 Å². The van der Waals surface area contributed by atoms with Gasteiger partial charge in [0.15, 0.2) is 11.6 Å². The second-order valence-corrected chi connectivity index (χ2v) is 5.00. The number of anilines is 1. The first-order valence-electron chi connectivity index (χ1n) is 5.92. The third-order valence-electron chi connectivity index (χ3n) is 3.14. The van der Waals surface area contributed by atoms with Crippen molar-refractivity contribution in [1.29, 1.82) is 0 Å². The number of fused-ring (bicyclic) bond motifs is 1. The molecule has 0 radical (unpaired) electrons. The van der Waals surface area contributed by atoms with Gasteiger partial charge in [-0.25, -0.2) is 9.37 Å². The minimum Gasteiger partial charge on any atom is -0.494 e. The van der Waals surface area contributed by atoms with Crippen LogP contribution in [0, 0.1) is 5.82 Å². The van der Waals surface area contributed by atoms with Crippen molar-refractivity contribution in [2.45, 2.75) is 26.0 Å². The fourth-order valence-corrected chi connectivity index (χ4v) is 1.91. The molecule has 0 amide bonds. The number of nitrogen functional groups attached to an aromatic ring is 1. The van der Waals surface area contributed by atoms with E-state index in [1.54, 1.807) is 17.7 Å². The molecule has 1 aromatic carbocycles. The van der Waals surface area contributed by atoms with E-state index >= 15 is 0 Å². The number of halogens is 1. The Hall–Kier alpha value is -1.82. The zero-order valence-electron chi connectivity index (χ0n) is 11.5. The summed E-state index contributed by atoms with van der Waals surface area (Å²) in [5.41, 5.74) is 6.72. The standard InChI is InChI=1S/C13H18FN3O2/c1-13(2,19-4)7-17-10-6-11(18-3)8(14)5-9(10)16-12(17)15/h5-6H,7H2,1-4H3,(H2,15,16). The second-order valence-electron chi connectivity index (χ2n) is 5.00. The first kappa shape index (κ1) is 13.6. The Kier molecular flexibility index (Phi) is 3.36. The third-order valence-corrected chi connectivity index (χ3v) is 3.14. The van der Waals surface area contributed by atoms with Crippen molar-refractivity contribution in [3.8, 4) is 5.75 Å². The van der Waals surface area contributed by atoms with Crippen LogP contribution in [0.2, 0.25) is 0 Å². The Labute approximate surface area is 111 Å². The SMILES string of the molecule is COc1cc2c(cc1F)nc(N)n2CC(C)(C)OC. The minimum atomic E-state index is -0.453. The maximum absolute atomic E-state index is 13.6. The van der Waals surface area contributed by atoms with Crippen LogP contribution in [0.25, 0.3) is 11.0 Å². The van der Waals surface area contributed by atoms with Crippen LogP contribution in [0.3, 0.4) is 0 Å². The molecule has 0 bridgehead atoms. The van der Waals surface area contributed by atoms with E-state index in [0.717, 1.165) is 5.52 Å². The van der Waals surface area contributed by atoms with Gasteiger partial charge in [0.1, 0.15) is 0 Å². The Morgan fingerprint density at radius 2 is 2.05 bits per heavy atom. The molecule has 5 nitrogen and oxygen atoms in total. The number of nitrogens with two attached hydrogens (primary N) is 1. The maximum Gasteiger partial charge on any atom is 0.201 e. The van der Waals surface area contributed by atoms with E-state index in [1.807, 2.05) is 13.8 Å². The zero-order chi connectivity index (χ0) is 14.2. The first-order chi connectivity index (χ1) is 8.88. The highest BCUT2D eigenvalue weighted by Crippen LogP contribution is 2.27. The van der Waals surface area contributed by atoms with Crippen molar-refractivity contribution in [2.75, 3.05) is 20.0 Å². The van der Waals surface area contributed by atoms with Crippen LogP contribution in [-0.2, 0) is 11.3 Å². The average Bonchev–Trinajstić information content (AvgIpc) is 2.64. The molecule has 6 heteroatoms. The normalized spacial score (nSPS) is 12.1. The van der Waals surface area contributed by atoms with Crippen molar-refractivity contribution >= 4 is 17.0 Å². The van der Waals surface area contributed by atoms with Crippen molar-refractivity contribution in [2.24, 2.45) is 0 Å². The summed E-state index contributed by atoms with van der Waals surface area (Å²) in [6, 6.07) is 2.92. The Morgan fingerprint density at radius 1 is 1.37 bits per heavy atom. The lowest BCUT2D eigenvalue weighted by Crippen LogP contribution is -2.29. The van der Waals surface area contributed by atoms with Crippen molar-refractivity contribution in [1.82, 2.24) is 9.55 Å². The van der Waals surface area contributed by atoms with Gasteiger partial charge in [-0.3, -0.25) is 0 Å². The predicted octanol–water partition coefficient (Wildman–Crippen LogP) is 2.19. The molecule has 0 fully saturated rings. The summed E-state index contributed by atoms with van der Waals surface area (Å²) in [6.45, 7) is 4.40. The number of hydrogen-bond acceptors (Lipinski definition) is 4. The third kappa shape index (κ3) is 2.49. The largest absolute Gasteiger partial charge is 0.494 e. The molecule has 2 rings (SSSR count). The lowest BCUT2D eigenvalue weighted by atomic mass is 10.1. The summed E-state index contributed by atoms with van der Waals surface area (Å²) in [5, 5.41) is 0. The van der Waals surface area contributed by atoms with Crippen LogP contribution >= 0.6 is 0 Å². The molecule has 0 aliphatic rings. The number of aromatic nitrogens is 2. The lowest BCUT2D eigenvalue weighted by Gasteiger charge is -2.24. The predicted molar refractivity (Wildman–Crippen MR) is 71.7 cm³/mol. The number of nitrogens with zero attached hydrogens (tertiary/aromatic N) is 2. The number of ether oxygens (including phenoxy) is 2. The summed E-state index contributed by atoms with van der Waals surface area (Å²) in [5.74, 6) is 0.0438. The molecule has 0 saturated heterocycles. The Morgan fingerprint density at radius 3 is 2.63 bits per heavy atom. The smallest absolute Gasteiger partial charge is 0.201 e. The van der Waals surface area contributed by atoms with E-state index in [9.17, 15) is 4.39 Å². The van der Waals surface area contributed by atoms with Crippen molar-refractivity contribution < 1.29 is 13.9 Å². The highest BCUT2D eigenvalue weighted by Gasteiger charge is 2.21.